The number of aliphatic hydroxyl groups is 1. The van der Waals surface area contributed by atoms with Crippen LogP contribution in [-0.4, -0.2) is 34.0 Å². The number of nitrogens with zero attached hydrogens (tertiary/aromatic N) is 2. The molecule has 0 saturated carbocycles. The zero-order valence-corrected chi connectivity index (χ0v) is 19.3. The van der Waals surface area contributed by atoms with Gasteiger partial charge in [0.2, 0.25) is 0 Å². The van der Waals surface area contributed by atoms with Gasteiger partial charge < -0.3 is 10.4 Å². The van der Waals surface area contributed by atoms with Gasteiger partial charge in [0.1, 0.15) is 11.4 Å². The number of hydrogen-bond acceptors (Lipinski definition) is 5. The van der Waals surface area contributed by atoms with E-state index in [0.29, 0.717) is 48.8 Å². The molecule has 2 heterocycles. The maximum atomic E-state index is 13.1. The molecule has 1 aliphatic heterocycles. The number of likely N-dealkylation sites (tertiary alicyclic amines) is 1. The van der Waals surface area contributed by atoms with E-state index in [0.717, 1.165) is 22.5 Å². The minimum Gasteiger partial charge on any atom is -0.383 e. The summed E-state index contributed by atoms with van der Waals surface area (Å²) < 4.78 is 13.1. The van der Waals surface area contributed by atoms with Gasteiger partial charge in [-0.25, -0.2) is 9.37 Å². The molecule has 0 bridgehead atoms. The van der Waals surface area contributed by atoms with Gasteiger partial charge in [-0.15, -0.1) is 11.3 Å². The normalized spacial score (nSPS) is 16.1. The van der Waals surface area contributed by atoms with Crippen molar-refractivity contribution in [1.29, 1.82) is 0 Å². The molecule has 1 fully saturated rings. The minimum absolute atomic E-state index is 0.203. The highest BCUT2D eigenvalue weighted by atomic mass is 35.5. The molecule has 3 aromatic rings. The molecular weight excluding hydrogens is 449 g/mol. The lowest BCUT2D eigenvalue weighted by molar-refractivity contribution is -0.0313. The summed E-state index contributed by atoms with van der Waals surface area (Å²) in [6.45, 7) is 4.25. The lowest BCUT2D eigenvalue weighted by Crippen LogP contribution is -2.43. The zero-order chi connectivity index (χ0) is 22.7. The van der Waals surface area contributed by atoms with Crippen molar-refractivity contribution in [2.75, 3.05) is 13.1 Å². The third-order valence-electron chi connectivity index (χ3n) is 6.01. The largest absolute Gasteiger partial charge is 0.383 e. The van der Waals surface area contributed by atoms with E-state index < -0.39 is 5.60 Å². The second-order valence-corrected chi connectivity index (χ2v) is 9.50. The number of hydrogen-bond donors (Lipinski definition) is 2. The van der Waals surface area contributed by atoms with Crippen LogP contribution in [0.15, 0.2) is 48.0 Å². The first-order valence-electron chi connectivity index (χ1n) is 10.5. The number of benzene rings is 2. The quantitative estimate of drug-likeness (QED) is 0.546. The van der Waals surface area contributed by atoms with E-state index in [1.807, 2.05) is 6.92 Å². The second kappa shape index (κ2) is 9.67. The van der Waals surface area contributed by atoms with Crippen molar-refractivity contribution in [3.8, 4) is 0 Å². The van der Waals surface area contributed by atoms with Crippen molar-refractivity contribution in [3.05, 3.63) is 86.1 Å². The van der Waals surface area contributed by atoms with Crippen molar-refractivity contribution < 1.29 is 14.3 Å². The lowest BCUT2D eigenvalue weighted by Gasteiger charge is -2.37. The molecule has 1 amide bonds. The highest BCUT2D eigenvalue weighted by Gasteiger charge is 2.37. The number of carbonyl (C=O) groups excluding carboxylic acids is 1. The molecule has 4 rings (SSSR count). The third kappa shape index (κ3) is 5.02. The Morgan fingerprint density at radius 2 is 1.97 bits per heavy atom. The van der Waals surface area contributed by atoms with E-state index in [2.05, 4.69) is 15.2 Å². The number of piperidine rings is 1. The van der Waals surface area contributed by atoms with E-state index >= 15 is 0 Å². The Bertz CT molecular complexity index is 1090. The fraction of sp³-hybridized carbons (Fsp3) is 0.333. The van der Waals surface area contributed by atoms with Gasteiger partial charge in [-0.3, -0.25) is 9.69 Å². The Morgan fingerprint density at radius 1 is 1.25 bits per heavy atom. The van der Waals surface area contributed by atoms with Gasteiger partial charge in [0.25, 0.3) is 5.91 Å². The van der Waals surface area contributed by atoms with Crippen molar-refractivity contribution in [2.24, 2.45) is 0 Å². The monoisotopic (exact) mass is 473 g/mol. The summed E-state index contributed by atoms with van der Waals surface area (Å²) in [5.74, 6) is -0.444. The Kier molecular flexibility index (Phi) is 6.90. The van der Waals surface area contributed by atoms with Crippen molar-refractivity contribution in [1.82, 2.24) is 15.2 Å². The summed E-state index contributed by atoms with van der Waals surface area (Å²) >= 11 is 7.56. The standard InChI is InChI=1S/C24H25ClFN3O2S/c1-16-19(3-2-4-20(16)25)23(30)27-13-21-22(28-15-32-21)24(31)9-11-29(12-10-24)14-17-5-7-18(26)8-6-17/h2-8,15,31H,9-14H2,1H3,(H,27,30). The molecule has 0 spiro atoms. The summed E-state index contributed by atoms with van der Waals surface area (Å²) in [6, 6.07) is 11.8. The number of carbonyl (C=O) groups is 1. The molecule has 2 N–H and O–H groups in total. The SMILES string of the molecule is Cc1c(Cl)cccc1C(=O)NCc1scnc1C1(O)CCN(Cc2ccc(F)cc2)CC1. The molecule has 0 radical (unpaired) electrons. The van der Waals surface area contributed by atoms with Crippen LogP contribution in [0.2, 0.25) is 5.02 Å². The summed E-state index contributed by atoms with van der Waals surface area (Å²) in [5.41, 5.74) is 3.66. The van der Waals surface area contributed by atoms with Gasteiger partial charge in [-0.1, -0.05) is 29.8 Å². The first-order valence-corrected chi connectivity index (χ1v) is 11.8. The van der Waals surface area contributed by atoms with Crippen molar-refractivity contribution >= 4 is 28.8 Å². The molecule has 168 valence electrons. The molecule has 2 aromatic carbocycles. The van der Waals surface area contributed by atoms with E-state index in [1.54, 1.807) is 35.8 Å². The van der Waals surface area contributed by atoms with E-state index in [9.17, 15) is 14.3 Å². The number of amides is 1. The first-order chi connectivity index (χ1) is 15.4. The van der Waals surface area contributed by atoms with Crippen LogP contribution in [0, 0.1) is 12.7 Å². The molecule has 0 atom stereocenters. The van der Waals surface area contributed by atoms with E-state index in [1.165, 1.54) is 23.5 Å². The van der Waals surface area contributed by atoms with Gasteiger partial charge >= 0.3 is 0 Å². The van der Waals surface area contributed by atoms with E-state index in [4.69, 9.17) is 11.6 Å². The second-order valence-electron chi connectivity index (χ2n) is 8.15. The highest BCUT2D eigenvalue weighted by molar-refractivity contribution is 7.09. The van der Waals surface area contributed by atoms with Gasteiger partial charge in [0.05, 0.1) is 17.7 Å². The first kappa shape index (κ1) is 22.9. The number of thiazole rings is 1. The average Bonchev–Trinajstić information content (AvgIpc) is 3.27. The maximum Gasteiger partial charge on any atom is 0.251 e. The van der Waals surface area contributed by atoms with Crippen molar-refractivity contribution in [3.63, 3.8) is 0 Å². The van der Waals surface area contributed by atoms with Crippen LogP contribution in [0.4, 0.5) is 4.39 Å². The van der Waals surface area contributed by atoms with Crippen LogP contribution in [0.5, 0.6) is 0 Å². The molecule has 1 aromatic heterocycles. The number of rotatable bonds is 6. The van der Waals surface area contributed by atoms with Gasteiger partial charge in [-0.2, -0.15) is 0 Å². The Balaban J connectivity index is 1.38. The Hall–Kier alpha value is -2.32. The van der Waals surface area contributed by atoms with Gasteiger partial charge in [0, 0.05) is 35.1 Å². The zero-order valence-electron chi connectivity index (χ0n) is 17.8. The molecule has 1 aliphatic rings. The highest BCUT2D eigenvalue weighted by Crippen LogP contribution is 2.35. The number of nitrogens with one attached hydrogen (secondary N) is 1. The third-order valence-corrected chi connectivity index (χ3v) is 7.25. The van der Waals surface area contributed by atoms with Crippen LogP contribution in [-0.2, 0) is 18.7 Å². The molecule has 1 saturated heterocycles. The average molecular weight is 474 g/mol. The molecule has 32 heavy (non-hydrogen) atoms. The van der Waals surface area contributed by atoms with Gasteiger partial charge in [-0.05, 0) is 55.2 Å². The van der Waals surface area contributed by atoms with Gasteiger partial charge in [0.15, 0.2) is 0 Å². The fourth-order valence-corrected chi connectivity index (χ4v) is 5.02. The van der Waals surface area contributed by atoms with Crippen molar-refractivity contribution in [2.45, 2.75) is 38.5 Å². The van der Waals surface area contributed by atoms with Crippen LogP contribution in [0.1, 0.15) is 44.9 Å². The van der Waals surface area contributed by atoms with Crippen LogP contribution in [0.3, 0.4) is 0 Å². The molecule has 5 nitrogen and oxygen atoms in total. The van der Waals surface area contributed by atoms with Crippen LogP contribution < -0.4 is 5.32 Å². The lowest BCUT2D eigenvalue weighted by atomic mass is 9.87. The number of aromatic nitrogens is 1. The smallest absolute Gasteiger partial charge is 0.251 e. The summed E-state index contributed by atoms with van der Waals surface area (Å²) in [7, 11) is 0. The maximum absolute atomic E-state index is 13.1. The molecule has 0 unspecified atom stereocenters. The summed E-state index contributed by atoms with van der Waals surface area (Å²) in [5, 5.41) is 14.8. The Morgan fingerprint density at radius 3 is 2.69 bits per heavy atom. The minimum atomic E-state index is -1.02. The van der Waals surface area contributed by atoms with E-state index in [-0.39, 0.29) is 11.7 Å². The molecular formula is C24H25ClFN3O2S. The van der Waals surface area contributed by atoms with Crippen LogP contribution >= 0.6 is 22.9 Å². The predicted octanol–water partition coefficient (Wildman–Crippen LogP) is 4.66. The Labute approximate surface area is 195 Å². The fourth-order valence-electron chi connectivity index (χ4n) is 4.05. The summed E-state index contributed by atoms with van der Waals surface area (Å²) in [6.07, 6.45) is 1.10. The summed E-state index contributed by atoms with van der Waals surface area (Å²) in [4.78, 5) is 20.2. The molecule has 8 heteroatoms. The molecule has 0 aliphatic carbocycles. The van der Waals surface area contributed by atoms with Crippen LogP contribution in [0.25, 0.3) is 0 Å². The predicted molar refractivity (Wildman–Crippen MR) is 124 cm³/mol. The topological polar surface area (TPSA) is 65.5 Å². The number of halogens is 2.